The van der Waals surface area contributed by atoms with Crippen LogP contribution in [0.5, 0.6) is 0 Å². The zero-order chi connectivity index (χ0) is 19.5. The van der Waals surface area contributed by atoms with Crippen LogP contribution < -0.4 is 5.32 Å². The van der Waals surface area contributed by atoms with E-state index in [1.807, 2.05) is 41.9 Å². The molecule has 0 radical (unpaired) electrons. The monoisotopic (exact) mass is 378 g/mol. The molecule has 0 spiro atoms. The number of anilines is 2. The summed E-state index contributed by atoms with van der Waals surface area (Å²) >= 11 is 0. The van der Waals surface area contributed by atoms with Gasteiger partial charge in [0.05, 0.1) is 11.9 Å². The summed E-state index contributed by atoms with van der Waals surface area (Å²) in [6.45, 7) is 5.37. The molecular weight excluding hydrogens is 356 g/mol. The normalized spacial score (nSPS) is 11.4. The van der Waals surface area contributed by atoms with Crippen LogP contribution in [0.2, 0.25) is 0 Å². The van der Waals surface area contributed by atoms with Gasteiger partial charge in [0.25, 0.3) is 0 Å². The molecule has 0 unspecified atom stereocenters. The Labute approximate surface area is 162 Å². The summed E-state index contributed by atoms with van der Waals surface area (Å²) in [7, 11) is 1.86. The van der Waals surface area contributed by atoms with Crippen LogP contribution in [0.3, 0.4) is 0 Å². The fraction of sp³-hybridized carbons (Fsp3) is 0.316. The molecule has 0 aliphatic rings. The maximum Gasteiger partial charge on any atom is 0.228 e. The van der Waals surface area contributed by atoms with Gasteiger partial charge in [-0.3, -0.25) is 9.08 Å². The second-order valence-electron chi connectivity index (χ2n) is 6.90. The molecule has 4 aromatic heterocycles. The maximum absolute atomic E-state index is 5.68. The molecule has 0 bridgehead atoms. The molecule has 4 aromatic rings. The van der Waals surface area contributed by atoms with Gasteiger partial charge in [-0.05, 0) is 24.1 Å². The molecule has 9 nitrogen and oxygen atoms in total. The van der Waals surface area contributed by atoms with E-state index in [4.69, 9.17) is 4.74 Å². The molecule has 28 heavy (non-hydrogen) atoms. The Morgan fingerprint density at radius 2 is 2.04 bits per heavy atom. The molecule has 1 N–H and O–H groups in total. The summed E-state index contributed by atoms with van der Waals surface area (Å²) in [6.07, 6.45) is 5.38. The van der Waals surface area contributed by atoms with E-state index in [-0.39, 0.29) is 0 Å². The second-order valence-corrected chi connectivity index (χ2v) is 6.90. The quantitative estimate of drug-likeness (QED) is 0.528. The summed E-state index contributed by atoms with van der Waals surface area (Å²) in [5.41, 5.74) is 2.48. The third-order valence-electron chi connectivity index (χ3n) is 4.18. The van der Waals surface area contributed by atoms with Gasteiger partial charge < -0.3 is 10.1 Å². The molecule has 0 aliphatic carbocycles. The van der Waals surface area contributed by atoms with Gasteiger partial charge >= 0.3 is 0 Å². The van der Waals surface area contributed by atoms with Crippen molar-refractivity contribution in [1.29, 1.82) is 0 Å². The van der Waals surface area contributed by atoms with Crippen molar-refractivity contribution in [3.8, 4) is 11.3 Å². The summed E-state index contributed by atoms with van der Waals surface area (Å²) in [5.74, 6) is 2.59. The van der Waals surface area contributed by atoms with Gasteiger partial charge in [-0.25, -0.2) is 9.97 Å². The van der Waals surface area contributed by atoms with E-state index in [9.17, 15) is 0 Å². The highest BCUT2D eigenvalue weighted by molar-refractivity contribution is 5.65. The molecule has 144 valence electrons. The molecule has 0 aromatic carbocycles. The molecule has 4 heterocycles. The van der Waals surface area contributed by atoms with Gasteiger partial charge in [-0.15, -0.1) is 10.2 Å². The van der Waals surface area contributed by atoms with Crippen molar-refractivity contribution in [3.05, 3.63) is 48.7 Å². The molecule has 0 fully saturated rings. The fourth-order valence-corrected chi connectivity index (χ4v) is 2.77. The van der Waals surface area contributed by atoms with Crippen LogP contribution in [-0.2, 0) is 18.4 Å². The first-order chi connectivity index (χ1) is 13.6. The Kier molecular flexibility index (Phi) is 4.98. The van der Waals surface area contributed by atoms with E-state index in [1.54, 1.807) is 17.1 Å². The summed E-state index contributed by atoms with van der Waals surface area (Å²) in [4.78, 5) is 8.88. The number of aryl methyl sites for hydroxylation is 1. The SMILES string of the molecule is CC(C)COCc1nnc2cc(-c3ccnc(Nc4ccnn4C)n3)ccn12. The number of nitrogens with one attached hydrogen (secondary N) is 1. The zero-order valence-corrected chi connectivity index (χ0v) is 16.1. The number of nitrogens with zero attached hydrogens (tertiary/aromatic N) is 7. The Hall–Kier alpha value is -3.33. The van der Waals surface area contributed by atoms with Crippen molar-refractivity contribution in [2.45, 2.75) is 20.5 Å². The van der Waals surface area contributed by atoms with Crippen molar-refractivity contribution in [2.24, 2.45) is 13.0 Å². The Morgan fingerprint density at radius 1 is 1.14 bits per heavy atom. The average Bonchev–Trinajstić information content (AvgIpc) is 3.28. The molecule has 4 rings (SSSR count). The first-order valence-corrected chi connectivity index (χ1v) is 9.10. The van der Waals surface area contributed by atoms with Crippen LogP contribution >= 0.6 is 0 Å². The lowest BCUT2D eigenvalue weighted by atomic mass is 10.2. The van der Waals surface area contributed by atoms with E-state index >= 15 is 0 Å². The zero-order valence-electron chi connectivity index (χ0n) is 16.1. The van der Waals surface area contributed by atoms with Crippen molar-refractivity contribution < 1.29 is 4.74 Å². The summed E-state index contributed by atoms with van der Waals surface area (Å²) < 4.78 is 9.33. The minimum absolute atomic E-state index is 0.435. The fourth-order valence-electron chi connectivity index (χ4n) is 2.77. The maximum atomic E-state index is 5.68. The second kappa shape index (κ2) is 7.73. The van der Waals surface area contributed by atoms with E-state index in [0.717, 1.165) is 28.5 Å². The molecule has 0 atom stereocenters. The first-order valence-electron chi connectivity index (χ1n) is 9.10. The van der Waals surface area contributed by atoms with Gasteiger partial charge in [0.1, 0.15) is 12.4 Å². The van der Waals surface area contributed by atoms with Gasteiger partial charge in [-0.1, -0.05) is 13.8 Å². The van der Waals surface area contributed by atoms with Crippen LogP contribution in [0, 0.1) is 5.92 Å². The number of pyridine rings is 1. The lowest BCUT2D eigenvalue weighted by molar-refractivity contribution is 0.0917. The van der Waals surface area contributed by atoms with Crippen LogP contribution in [0.15, 0.2) is 42.9 Å². The predicted octanol–water partition coefficient (Wildman–Crippen LogP) is 2.84. The topological polar surface area (TPSA) is 95.0 Å². The Balaban J connectivity index is 1.56. The number of ether oxygens (including phenoxy) is 1. The molecule has 9 heteroatoms. The average molecular weight is 378 g/mol. The van der Waals surface area contributed by atoms with Crippen LogP contribution in [0.4, 0.5) is 11.8 Å². The lowest BCUT2D eigenvalue weighted by Gasteiger charge is -2.08. The highest BCUT2D eigenvalue weighted by atomic mass is 16.5. The number of fused-ring (bicyclic) bond motifs is 1. The number of rotatable bonds is 7. The summed E-state index contributed by atoms with van der Waals surface area (Å²) in [6, 6.07) is 7.66. The highest BCUT2D eigenvalue weighted by Gasteiger charge is 2.10. The first kappa shape index (κ1) is 18.1. The molecule has 0 aliphatic heterocycles. The van der Waals surface area contributed by atoms with E-state index in [0.29, 0.717) is 25.1 Å². The standard InChI is InChI=1S/C19H22N8O/c1-13(2)11-28-12-18-25-24-17-10-14(6-9-27(17)18)15-4-7-20-19(22-15)23-16-5-8-21-26(16)3/h4-10,13H,11-12H2,1-3H3,(H,20,22,23). The smallest absolute Gasteiger partial charge is 0.228 e. The third-order valence-corrected chi connectivity index (χ3v) is 4.18. The van der Waals surface area contributed by atoms with Crippen molar-refractivity contribution in [1.82, 2.24) is 34.3 Å². The molecule has 0 saturated heterocycles. The Bertz CT molecular complexity index is 1080. The minimum atomic E-state index is 0.435. The largest absolute Gasteiger partial charge is 0.373 e. The van der Waals surface area contributed by atoms with Crippen molar-refractivity contribution in [3.63, 3.8) is 0 Å². The van der Waals surface area contributed by atoms with Crippen LogP contribution in [-0.4, -0.2) is 41.0 Å². The van der Waals surface area contributed by atoms with Gasteiger partial charge in [0, 0.05) is 37.7 Å². The van der Waals surface area contributed by atoms with Crippen molar-refractivity contribution >= 4 is 17.4 Å². The van der Waals surface area contributed by atoms with Crippen LogP contribution in [0.25, 0.3) is 16.9 Å². The summed E-state index contributed by atoms with van der Waals surface area (Å²) in [5, 5.41) is 15.8. The van der Waals surface area contributed by atoms with Gasteiger partial charge in [-0.2, -0.15) is 5.10 Å². The number of aromatic nitrogens is 7. The third kappa shape index (κ3) is 3.84. The van der Waals surface area contributed by atoms with E-state index in [1.165, 1.54) is 0 Å². The Morgan fingerprint density at radius 3 is 2.82 bits per heavy atom. The van der Waals surface area contributed by atoms with E-state index in [2.05, 4.69) is 44.4 Å². The minimum Gasteiger partial charge on any atom is -0.373 e. The predicted molar refractivity (Wildman–Crippen MR) is 105 cm³/mol. The molecular formula is C19H22N8O. The van der Waals surface area contributed by atoms with E-state index < -0.39 is 0 Å². The molecule has 0 amide bonds. The molecule has 0 saturated carbocycles. The lowest BCUT2D eigenvalue weighted by Crippen LogP contribution is -2.04. The van der Waals surface area contributed by atoms with Crippen molar-refractivity contribution in [2.75, 3.05) is 11.9 Å². The number of hydrogen-bond donors (Lipinski definition) is 1. The highest BCUT2D eigenvalue weighted by Crippen LogP contribution is 2.21. The van der Waals surface area contributed by atoms with Gasteiger partial charge in [0.15, 0.2) is 11.5 Å². The number of hydrogen-bond acceptors (Lipinski definition) is 7. The van der Waals surface area contributed by atoms with Crippen LogP contribution in [0.1, 0.15) is 19.7 Å². The van der Waals surface area contributed by atoms with Gasteiger partial charge in [0.2, 0.25) is 5.95 Å².